The Bertz CT molecular complexity index is 749. The molecule has 0 aromatic carbocycles. The number of carbonyl (C=O) groups excluding carboxylic acids is 2. The summed E-state index contributed by atoms with van der Waals surface area (Å²) in [6.07, 6.45) is 0.668. The molecule has 136 valence electrons. The molecule has 0 radical (unpaired) electrons. The molecule has 0 aliphatic rings. The van der Waals surface area contributed by atoms with E-state index in [4.69, 9.17) is 9.05 Å². The largest absolute Gasteiger partial charge is 0.351 e. The standard InChI is InChI=1S/C17H24N4O4/c1-10(2)8-17(5,19-16(23)14-7-12(4)21-25-14)9-18-15(22)13-6-11(3)20-24-13/h6-7,10H,8-9H2,1-5H3,(H,18,22)(H,19,23). The van der Waals surface area contributed by atoms with Crippen LogP contribution in [0.5, 0.6) is 0 Å². The van der Waals surface area contributed by atoms with Crippen molar-refractivity contribution in [2.45, 2.75) is 46.6 Å². The summed E-state index contributed by atoms with van der Waals surface area (Å²) in [6, 6.07) is 3.13. The van der Waals surface area contributed by atoms with Crippen LogP contribution in [0.2, 0.25) is 0 Å². The van der Waals surface area contributed by atoms with E-state index in [9.17, 15) is 9.59 Å². The molecule has 2 rings (SSSR count). The first-order chi connectivity index (χ1) is 11.7. The lowest BCUT2D eigenvalue weighted by Crippen LogP contribution is -2.54. The fraction of sp³-hybridized carbons (Fsp3) is 0.529. The molecule has 0 aliphatic carbocycles. The Morgan fingerprint density at radius 1 is 1.08 bits per heavy atom. The fourth-order valence-corrected chi connectivity index (χ4v) is 2.71. The summed E-state index contributed by atoms with van der Waals surface area (Å²) in [5.41, 5.74) is 0.602. The molecule has 25 heavy (non-hydrogen) atoms. The quantitative estimate of drug-likeness (QED) is 0.794. The van der Waals surface area contributed by atoms with Crippen molar-refractivity contribution in [1.82, 2.24) is 20.9 Å². The van der Waals surface area contributed by atoms with E-state index in [-0.39, 0.29) is 29.9 Å². The Hall–Kier alpha value is -2.64. The number of hydrogen-bond donors (Lipinski definition) is 2. The SMILES string of the molecule is Cc1cc(C(=O)NCC(C)(CC(C)C)NC(=O)c2cc(C)no2)on1. The zero-order valence-electron chi connectivity index (χ0n) is 15.2. The van der Waals surface area contributed by atoms with Gasteiger partial charge in [-0.2, -0.15) is 0 Å². The van der Waals surface area contributed by atoms with Gasteiger partial charge in [-0.1, -0.05) is 24.2 Å². The van der Waals surface area contributed by atoms with E-state index in [1.54, 1.807) is 26.0 Å². The van der Waals surface area contributed by atoms with Crippen molar-refractivity contribution in [3.63, 3.8) is 0 Å². The van der Waals surface area contributed by atoms with Crippen molar-refractivity contribution >= 4 is 11.8 Å². The summed E-state index contributed by atoms with van der Waals surface area (Å²) in [7, 11) is 0. The third-order valence-electron chi connectivity index (χ3n) is 3.62. The van der Waals surface area contributed by atoms with E-state index < -0.39 is 5.54 Å². The Morgan fingerprint density at radius 3 is 2.04 bits per heavy atom. The van der Waals surface area contributed by atoms with Gasteiger partial charge in [0.25, 0.3) is 11.8 Å². The number of carbonyl (C=O) groups is 2. The molecule has 1 unspecified atom stereocenters. The van der Waals surface area contributed by atoms with Crippen LogP contribution in [-0.4, -0.2) is 34.2 Å². The van der Waals surface area contributed by atoms with Crippen molar-refractivity contribution in [1.29, 1.82) is 0 Å². The Labute approximate surface area is 146 Å². The zero-order chi connectivity index (χ0) is 18.6. The van der Waals surface area contributed by atoms with Crippen molar-refractivity contribution in [2.75, 3.05) is 6.54 Å². The molecule has 2 heterocycles. The lowest BCUT2D eigenvalue weighted by atomic mass is 9.90. The van der Waals surface area contributed by atoms with E-state index in [1.807, 2.05) is 20.8 Å². The molecule has 0 spiro atoms. The van der Waals surface area contributed by atoms with E-state index in [0.29, 0.717) is 23.7 Å². The van der Waals surface area contributed by atoms with E-state index >= 15 is 0 Å². The number of hydrogen-bond acceptors (Lipinski definition) is 6. The Kier molecular flexibility index (Phi) is 5.61. The highest BCUT2D eigenvalue weighted by atomic mass is 16.5. The molecule has 0 saturated carbocycles. The van der Waals surface area contributed by atoms with E-state index in [1.165, 1.54) is 0 Å². The number of aryl methyl sites for hydroxylation is 2. The average molecular weight is 348 g/mol. The van der Waals surface area contributed by atoms with E-state index in [0.717, 1.165) is 0 Å². The molecule has 2 amide bonds. The minimum atomic E-state index is -0.656. The van der Waals surface area contributed by atoms with Crippen LogP contribution in [0.25, 0.3) is 0 Å². The highest BCUT2D eigenvalue weighted by Gasteiger charge is 2.30. The van der Waals surface area contributed by atoms with Gasteiger partial charge >= 0.3 is 0 Å². The van der Waals surface area contributed by atoms with Crippen molar-refractivity contribution in [2.24, 2.45) is 5.92 Å². The fourth-order valence-electron chi connectivity index (χ4n) is 2.71. The molecule has 1 atom stereocenters. The first kappa shape index (κ1) is 18.7. The van der Waals surface area contributed by atoms with Gasteiger partial charge in [-0.3, -0.25) is 9.59 Å². The molecule has 8 nitrogen and oxygen atoms in total. The molecule has 0 bridgehead atoms. The smallest absolute Gasteiger partial charge is 0.290 e. The summed E-state index contributed by atoms with van der Waals surface area (Å²) in [4.78, 5) is 24.6. The predicted octanol–water partition coefficient (Wildman–Crippen LogP) is 2.24. The third-order valence-corrected chi connectivity index (χ3v) is 3.62. The number of aromatic nitrogens is 2. The third kappa shape index (κ3) is 5.17. The maximum Gasteiger partial charge on any atom is 0.290 e. The zero-order valence-corrected chi connectivity index (χ0v) is 15.2. The summed E-state index contributed by atoms with van der Waals surface area (Å²) >= 11 is 0. The lowest BCUT2D eigenvalue weighted by Gasteiger charge is -2.32. The topological polar surface area (TPSA) is 110 Å². The number of nitrogens with one attached hydrogen (secondary N) is 2. The van der Waals surface area contributed by atoms with Crippen LogP contribution in [0.3, 0.4) is 0 Å². The predicted molar refractivity (Wildman–Crippen MR) is 90.1 cm³/mol. The number of nitrogens with zero attached hydrogens (tertiary/aromatic N) is 2. The monoisotopic (exact) mass is 348 g/mol. The summed E-state index contributed by atoms with van der Waals surface area (Å²) < 4.78 is 9.95. The van der Waals surface area contributed by atoms with Crippen molar-refractivity contribution in [3.8, 4) is 0 Å². The normalized spacial score (nSPS) is 13.5. The molecule has 0 fully saturated rings. The molecule has 2 aromatic rings. The van der Waals surface area contributed by atoms with Gasteiger partial charge in [0.1, 0.15) is 0 Å². The molecule has 0 saturated heterocycles. The maximum atomic E-state index is 12.4. The van der Waals surface area contributed by atoms with Crippen LogP contribution in [-0.2, 0) is 0 Å². The average Bonchev–Trinajstić information content (AvgIpc) is 3.12. The lowest BCUT2D eigenvalue weighted by molar-refractivity contribution is 0.0823. The van der Waals surface area contributed by atoms with Crippen LogP contribution in [0.15, 0.2) is 21.2 Å². The molecular formula is C17H24N4O4. The van der Waals surface area contributed by atoms with Gasteiger partial charge in [-0.05, 0) is 33.1 Å². The maximum absolute atomic E-state index is 12.4. The van der Waals surface area contributed by atoms with Gasteiger partial charge in [0.05, 0.1) is 16.9 Å². The molecule has 2 N–H and O–H groups in total. The highest BCUT2D eigenvalue weighted by Crippen LogP contribution is 2.17. The first-order valence-electron chi connectivity index (χ1n) is 8.16. The molecule has 8 heteroatoms. The van der Waals surface area contributed by atoms with Crippen LogP contribution in [0.4, 0.5) is 0 Å². The van der Waals surface area contributed by atoms with Gasteiger partial charge in [0, 0.05) is 18.7 Å². The minimum absolute atomic E-state index is 0.140. The second-order valence-electron chi connectivity index (χ2n) is 6.96. The van der Waals surface area contributed by atoms with Gasteiger partial charge in [0.15, 0.2) is 0 Å². The molecule has 2 aromatic heterocycles. The number of amides is 2. The van der Waals surface area contributed by atoms with E-state index in [2.05, 4.69) is 20.9 Å². The Balaban J connectivity index is 2.05. The second-order valence-corrected chi connectivity index (χ2v) is 6.96. The Morgan fingerprint density at radius 2 is 1.60 bits per heavy atom. The van der Waals surface area contributed by atoms with Crippen molar-refractivity contribution < 1.29 is 18.6 Å². The van der Waals surface area contributed by atoms with Gasteiger partial charge in [-0.25, -0.2) is 0 Å². The molecule has 0 aliphatic heterocycles. The van der Waals surface area contributed by atoms with Crippen molar-refractivity contribution in [3.05, 3.63) is 35.0 Å². The summed E-state index contributed by atoms with van der Waals surface area (Å²) in [5.74, 6) is -0.147. The molecular weight excluding hydrogens is 324 g/mol. The van der Waals surface area contributed by atoms with Crippen LogP contribution < -0.4 is 10.6 Å². The highest BCUT2D eigenvalue weighted by molar-refractivity contribution is 5.93. The van der Waals surface area contributed by atoms with Crippen LogP contribution in [0, 0.1) is 19.8 Å². The van der Waals surface area contributed by atoms with Crippen LogP contribution >= 0.6 is 0 Å². The van der Waals surface area contributed by atoms with Gasteiger partial charge < -0.3 is 19.7 Å². The number of rotatable bonds is 7. The van der Waals surface area contributed by atoms with Crippen LogP contribution in [0.1, 0.15) is 59.7 Å². The second kappa shape index (κ2) is 7.50. The summed E-state index contributed by atoms with van der Waals surface area (Å²) in [5, 5.41) is 13.1. The van der Waals surface area contributed by atoms with Gasteiger partial charge in [0.2, 0.25) is 11.5 Å². The summed E-state index contributed by atoms with van der Waals surface area (Å²) in [6.45, 7) is 9.69. The minimum Gasteiger partial charge on any atom is -0.351 e. The van der Waals surface area contributed by atoms with Gasteiger partial charge in [-0.15, -0.1) is 0 Å². The first-order valence-corrected chi connectivity index (χ1v) is 8.16.